The molecule has 2 nitrogen and oxygen atoms in total. The van der Waals surface area contributed by atoms with E-state index in [4.69, 9.17) is 10.5 Å². The Balaban J connectivity index is 1.98. The summed E-state index contributed by atoms with van der Waals surface area (Å²) in [4.78, 5) is 0. The molecule has 0 bridgehead atoms. The van der Waals surface area contributed by atoms with Gasteiger partial charge in [-0.3, -0.25) is 0 Å². The monoisotopic (exact) mass is 177 g/mol. The molecule has 1 aromatic carbocycles. The van der Waals surface area contributed by atoms with E-state index in [1.54, 1.807) is 0 Å². The van der Waals surface area contributed by atoms with Gasteiger partial charge in [-0.05, 0) is 31.4 Å². The molecule has 2 rings (SSSR count). The third-order valence-electron chi connectivity index (χ3n) is 2.53. The van der Waals surface area contributed by atoms with Gasteiger partial charge in [0.15, 0.2) is 0 Å². The van der Waals surface area contributed by atoms with E-state index in [1.807, 2.05) is 30.3 Å². The van der Waals surface area contributed by atoms with Crippen molar-refractivity contribution >= 4 is 0 Å². The first-order valence-electron chi connectivity index (χ1n) is 4.83. The summed E-state index contributed by atoms with van der Waals surface area (Å²) in [6.07, 6.45) is 3.61. The lowest BCUT2D eigenvalue weighted by Gasteiger charge is -2.17. The second-order valence-electron chi connectivity index (χ2n) is 3.56. The molecule has 1 aliphatic carbocycles. The van der Waals surface area contributed by atoms with Gasteiger partial charge >= 0.3 is 0 Å². The van der Waals surface area contributed by atoms with Gasteiger partial charge < -0.3 is 10.5 Å². The number of para-hydroxylation sites is 1. The fourth-order valence-corrected chi connectivity index (χ4v) is 1.77. The van der Waals surface area contributed by atoms with Gasteiger partial charge in [0.25, 0.3) is 0 Å². The van der Waals surface area contributed by atoms with E-state index in [-0.39, 0.29) is 12.1 Å². The topological polar surface area (TPSA) is 35.2 Å². The summed E-state index contributed by atoms with van der Waals surface area (Å²) >= 11 is 0. The Labute approximate surface area is 78.7 Å². The minimum atomic E-state index is 0.222. The highest BCUT2D eigenvalue weighted by Gasteiger charge is 2.25. The van der Waals surface area contributed by atoms with Crippen LogP contribution < -0.4 is 10.5 Å². The van der Waals surface area contributed by atoms with Crippen LogP contribution in [0, 0.1) is 0 Å². The quantitative estimate of drug-likeness (QED) is 0.749. The molecule has 0 amide bonds. The summed E-state index contributed by atoms with van der Waals surface area (Å²) in [5.41, 5.74) is 5.90. The van der Waals surface area contributed by atoms with Crippen molar-refractivity contribution in [1.29, 1.82) is 0 Å². The summed E-state index contributed by atoms with van der Waals surface area (Å²) in [6.45, 7) is 0. The van der Waals surface area contributed by atoms with Gasteiger partial charge in [-0.2, -0.15) is 0 Å². The molecule has 1 aromatic rings. The zero-order valence-electron chi connectivity index (χ0n) is 7.65. The summed E-state index contributed by atoms with van der Waals surface area (Å²) in [7, 11) is 0. The van der Waals surface area contributed by atoms with Gasteiger partial charge in [0, 0.05) is 6.04 Å². The van der Waals surface area contributed by atoms with Gasteiger partial charge in [0.1, 0.15) is 11.9 Å². The van der Waals surface area contributed by atoms with Crippen LogP contribution in [0.2, 0.25) is 0 Å². The average Bonchev–Trinajstić information content (AvgIpc) is 2.54. The highest BCUT2D eigenvalue weighted by Crippen LogP contribution is 2.22. The Morgan fingerprint density at radius 2 is 1.92 bits per heavy atom. The van der Waals surface area contributed by atoms with Crippen LogP contribution in [-0.2, 0) is 0 Å². The first kappa shape index (κ1) is 8.57. The van der Waals surface area contributed by atoms with E-state index in [9.17, 15) is 0 Å². The van der Waals surface area contributed by atoms with Crippen LogP contribution >= 0.6 is 0 Å². The van der Waals surface area contributed by atoms with E-state index in [0.717, 1.165) is 18.6 Å². The summed E-state index contributed by atoms with van der Waals surface area (Å²) in [6, 6.07) is 10.1. The maximum Gasteiger partial charge on any atom is 0.119 e. The highest BCUT2D eigenvalue weighted by molar-refractivity contribution is 5.21. The first-order valence-corrected chi connectivity index (χ1v) is 4.83. The predicted molar refractivity (Wildman–Crippen MR) is 52.7 cm³/mol. The molecule has 2 N–H and O–H groups in total. The third kappa shape index (κ3) is 2.01. The maximum absolute atomic E-state index is 5.90. The lowest BCUT2D eigenvalue weighted by atomic mass is 10.2. The first-order chi connectivity index (χ1) is 6.36. The molecule has 2 heteroatoms. The molecule has 0 saturated heterocycles. The molecular weight excluding hydrogens is 162 g/mol. The van der Waals surface area contributed by atoms with Crippen LogP contribution in [0.4, 0.5) is 0 Å². The van der Waals surface area contributed by atoms with Crippen molar-refractivity contribution in [3.63, 3.8) is 0 Å². The lowest BCUT2D eigenvalue weighted by Crippen LogP contribution is -2.33. The standard InChI is InChI=1S/C11H15NO/c12-10-7-4-8-11(10)13-9-5-2-1-3-6-9/h1-3,5-6,10-11H,4,7-8,12H2. The Morgan fingerprint density at radius 3 is 2.54 bits per heavy atom. The third-order valence-corrected chi connectivity index (χ3v) is 2.53. The Bertz CT molecular complexity index is 260. The van der Waals surface area contributed by atoms with E-state index >= 15 is 0 Å². The number of hydrogen-bond acceptors (Lipinski definition) is 2. The van der Waals surface area contributed by atoms with Crippen molar-refractivity contribution in [1.82, 2.24) is 0 Å². The van der Waals surface area contributed by atoms with E-state index in [2.05, 4.69) is 0 Å². The van der Waals surface area contributed by atoms with Crippen LogP contribution in [0.15, 0.2) is 30.3 Å². The average molecular weight is 177 g/mol. The summed E-state index contributed by atoms with van der Waals surface area (Å²) in [5.74, 6) is 0.935. The molecule has 0 aliphatic heterocycles. The Hall–Kier alpha value is -1.02. The number of benzene rings is 1. The van der Waals surface area contributed by atoms with Gasteiger partial charge in [0.05, 0.1) is 0 Å². The normalized spacial score (nSPS) is 27.5. The van der Waals surface area contributed by atoms with Crippen molar-refractivity contribution in [2.75, 3.05) is 0 Å². The van der Waals surface area contributed by atoms with Gasteiger partial charge in [-0.1, -0.05) is 18.2 Å². The summed E-state index contributed by atoms with van der Waals surface area (Å²) < 4.78 is 5.76. The lowest BCUT2D eigenvalue weighted by molar-refractivity contribution is 0.191. The van der Waals surface area contributed by atoms with Crippen LogP contribution in [0.25, 0.3) is 0 Å². The second-order valence-corrected chi connectivity index (χ2v) is 3.56. The fraction of sp³-hybridized carbons (Fsp3) is 0.455. The molecule has 0 spiro atoms. The van der Waals surface area contributed by atoms with E-state index < -0.39 is 0 Å². The van der Waals surface area contributed by atoms with Gasteiger partial charge in [-0.15, -0.1) is 0 Å². The van der Waals surface area contributed by atoms with E-state index in [1.165, 1.54) is 6.42 Å². The smallest absolute Gasteiger partial charge is 0.119 e. The van der Waals surface area contributed by atoms with Crippen LogP contribution in [-0.4, -0.2) is 12.1 Å². The Morgan fingerprint density at radius 1 is 1.15 bits per heavy atom. The molecule has 70 valence electrons. The van der Waals surface area contributed by atoms with Crippen molar-refractivity contribution in [2.45, 2.75) is 31.4 Å². The molecule has 1 saturated carbocycles. The number of ether oxygens (including phenoxy) is 1. The van der Waals surface area contributed by atoms with Gasteiger partial charge in [-0.25, -0.2) is 0 Å². The number of hydrogen-bond donors (Lipinski definition) is 1. The molecule has 13 heavy (non-hydrogen) atoms. The predicted octanol–water partition coefficient (Wildman–Crippen LogP) is 1.95. The fourth-order valence-electron chi connectivity index (χ4n) is 1.77. The minimum Gasteiger partial charge on any atom is -0.489 e. The van der Waals surface area contributed by atoms with Crippen molar-refractivity contribution in [2.24, 2.45) is 5.73 Å². The minimum absolute atomic E-state index is 0.222. The molecule has 1 aliphatic rings. The molecule has 0 radical (unpaired) electrons. The molecule has 1 fully saturated rings. The van der Waals surface area contributed by atoms with Crippen LogP contribution in [0.1, 0.15) is 19.3 Å². The van der Waals surface area contributed by atoms with Crippen LogP contribution in [0.3, 0.4) is 0 Å². The van der Waals surface area contributed by atoms with Crippen molar-refractivity contribution in [3.05, 3.63) is 30.3 Å². The maximum atomic E-state index is 5.90. The van der Waals surface area contributed by atoms with Crippen molar-refractivity contribution in [3.8, 4) is 5.75 Å². The number of rotatable bonds is 2. The largest absolute Gasteiger partial charge is 0.489 e. The highest BCUT2D eigenvalue weighted by atomic mass is 16.5. The number of nitrogens with two attached hydrogens (primary N) is 1. The zero-order chi connectivity index (χ0) is 9.10. The molecule has 2 unspecified atom stereocenters. The van der Waals surface area contributed by atoms with Crippen LogP contribution in [0.5, 0.6) is 5.75 Å². The summed E-state index contributed by atoms with van der Waals surface area (Å²) in [5, 5.41) is 0. The SMILES string of the molecule is NC1CCCC1Oc1ccccc1. The molecule has 0 heterocycles. The molecular formula is C11H15NO. The zero-order valence-corrected chi connectivity index (χ0v) is 7.65. The Kier molecular flexibility index (Phi) is 2.50. The van der Waals surface area contributed by atoms with Gasteiger partial charge in [0.2, 0.25) is 0 Å². The van der Waals surface area contributed by atoms with Crippen molar-refractivity contribution < 1.29 is 4.74 Å². The second kappa shape index (κ2) is 3.79. The molecule has 2 atom stereocenters. The molecule has 0 aromatic heterocycles. The van der Waals surface area contributed by atoms with E-state index in [0.29, 0.717) is 0 Å².